The van der Waals surface area contributed by atoms with Crippen LogP contribution in [-0.4, -0.2) is 22.3 Å². The average molecular weight is 279 g/mol. The van der Waals surface area contributed by atoms with Crippen molar-refractivity contribution in [2.45, 2.75) is 39.2 Å². The molecule has 0 radical (unpaired) electrons. The summed E-state index contributed by atoms with van der Waals surface area (Å²) in [5.74, 6) is -1.03. The van der Waals surface area contributed by atoms with Gasteiger partial charge < -0.3 is 4.74 Å². The molecule has 1 aromatic carbocycles. The molecular formula is C14H17NO5. The largest absolute Gasteiger partial charge is 0.460 e. The van der Waals surface area contributed by atoms with Gasteiger partial charge in [-0.05, 0) is 20.8 Å². The molecule has 0 heterocycles. The SMILES string of the molecule is CC(C)(C)OC(=O)CC(=O)Cc1ccccc1[N+](=O)[O-]. The van der Waals surface area contributed by atoms with Crippen molar-refractivity contribution >= 4 is 17.4 Å². The number of Topliss-reactive ketones (excluding diaryl/α,β-unsaturated/α-hetero) is 1. The first kappa shape index (κ1) is 15.8. The lowest BCUT2D eigenvalue weighted by Crippen LogP contribution is -2.25. The monoisotopic (exact) mass is 279 g/mol. The Morgan fingerprint density at radius 3 is 2.40 bits per heavy atom. The Balaban J connectivity index is 2.68. The zero-order valence-electron chi connectivity index (χ0n) is 11.7. The third-order valence-corrected chi connectivity index (χ3v) is 2.34. The van der Waals surface area contributed by atoms with Crippen molar-refractivity contribution in [3.63, 3.8) is 0 Å². The Morgan fingerprint density at radius 2 is 1.85 bits per heavy atom. The molecule has 0 aliphatic rings. The molecule has 6 nitrogen and oxygen atoms in total. The lowest BCUT2D eigenvalue weighted by Gasteiger charge is -2.19. The van der Waals surface area contributed by atoms with Crippen LogP contribution in [0.5, 0.6) is 0 Å². The number of rotatable bonds is 5. The summed E-state index contributed by atoms with van der Waals surface area (Å²) in [6, 6.07) is 5.98. The highest BCUT2D eigenvalue weighted by molar-refractivity contribution is 5.97. The van der Waals surface area contributed by atoms with Crippen LogP contribution in [0.15, 0.2) is 24.3 Å². The standard InChI is InChI=1S/C14H17NO5/c1-14(2,3)20-13(17)9-11(16)8-10-6-4-5-7-12(10)15(18)19/h4-7H,8-9H2,1-3H3. The summed E-state index contributed by atoms with van der Waals surface area (Å²) in [5, 5.41) is 10.8. The van der Waals surface area contributed by atoms with Crippen molar-refractivity contribution in [2.75, 3.05) is 0 Å². The number of benzene rings is 1. The molecule has 0 aliphatic carbocycles. The minimum absolute atomic E-state index is 0.120. The normalized spacial score (nSPS) is 10.9. The number of hydrogen-bond acceptors (Lipinski definition) is 5. The maximum atomic E-state index is 11.8. The van der Waals surface area contributed by atoms with E-state index in [9.17, 15) is 19.7 Å². The van der Waals surface area contributed by atoms with Crippen molar-refractivity contribution < 1.29 is 19.2 Å². The molecule has 0 bridgehead atoms. The second-order valence-electron chi connectivity index (χ2n) is 5.36. The second kappa shape index (κ2) is 6.27. The number of carbonyl (C=O) groups excluding carboxylic acids is 2. The summed E-state index contributed by atoms with van der Waals surface area (Å²) in [4.78, 5) is 33.5. The molecule has 0 fully saturated rings. The number of esters is 1. The van der Waals surface area contributed by atoms with Gasteiger partial charge >= 0.3 is 5.97 Å². The molecule has 1 aromatic rings. The highest BCUT2D eigenvalue weighted by atomic mass is 16.6. The molecule has 0 unspecified atom stereocenters. The van der Waals surface area contributed by atoms with E-state index in [1.165, 1.54) is 18.2 Å². The average Bonchev–Trinajstić information content (AvgIpc) is 2.26. The van der Waals surface area contributed by atoms with Gasteiger partial charge in [-0.3, -0.25) is 19.7 Å². The van der Waals surface area contributed by atoms with E-state index in [-0.39, 0.29) is 18.5 Å². The van der Waals surface area contributed by atoms with Crippen molar-refractivity contribution in [1.82, 2.24) is 0 Å². The molecule has 6 heteroatoms. The first-order valence-corrected chi connectivity index (χ1v) is 6.15. The van der Waals surface area contributed by atoms with Gasteiger partial charge in [0.1, 0.15) is 17.8 Å². The first-order valence-electron chi connectivity index (χ1n) is 6.15. The topological polar surface area (TPSA) is 86.5 Å². The number of ketones is 1. The summed E-state index contributed by atoms with van der Waals surface area (Å²) in [6.07, 6.45) is -0.542. The zero-order valence-corrected chi connectivity index (χ0v) is 11.7. The zero-order chi connectivity index (χ0) is 15.3. The van der Waals surface area contributed by atoms with Crippen LogP contribution in [0.3, 0.4) is 0 Å². The van der Waals surface area contributed by atoms with Gasteiger partial charge in [0, 0.05) is 18.1 Å². The molecule has 0 aliphatic heterocycles. The first-order chi connectivity index (χ1) is 9.19. The smallest absolute Gasteiger partial charge is 0.313 e. The Hall–Kier alpha value is -2.24. The van der Waals surface area contributed by atoms with Crippen LogP contribution in [0.1, 0.15) is 32.8 Å². The summed E-state index contributed by atoms with van der Waals surface area (Å²) >= 11 is 0. The van der Waals surface area contributed by atoms with Crippen molar-refractivity contribution in [3.05, 3.63) is 39.9 Å². The van der Waals surface area contributed by atoms with E-state index < -0.39 is 22.3 Å². The van der Waals surface area contributed by atoms with E-state index in [0.29, 0.717) is 5.56 Å². The number of nitro groups is 1. The number of nitro benzene ring substituents is 1. The van der Waals surface area contributed by atoms with Gasteiger partial charge in [-0.15, -0.1) is 0 Å². The van der Waals surface area contributed by atoms with Gasteiger partial charge in [0.15, 0.2) is 0 Å². The van der Waals surface area contributed by atoms with Crippen molar-refractivity contribution in [3.8, 4) is 0 Å². The molecule has 1 rings (SSSR count). The molecule has 20 heavy (non-hydrogen) atoms. The van der Waals surface area contributed by atoms with E-state index in [1.807, 2.05) is 0 Å². The highest BCUT2D eigenvalue weighted by Crippen LogP contribution is 2.19. The fourth-order valence-electron chi connectivity index (χ4n) is 1.65. The van der Waals surface area contributed by atoms with Gasteiger partial charge in [-0.2, -0.15) is 0 Å². The maximum Gasteiger partial charge on any atom is 0.313 e. The van der Waals surface area contributed by atoms with Gasteiger partial charge in [-0.25, -0.2) is 0 Å². The number of hydrogen-bond donors (Lipinski definition) is 0. The van der Waals surface area contributed by atoms with Crippen LogP contribution in [0.4, 0.5) is 5.69 Å². The third-order valence-electron chi connectivity index (χ3n) is 2.34. The Bertz CT molecular complexity index is 531. The number of ether oxygens (including phenoxy) is 1. The van der Waals surface area contributed by atoms with Crippen LogP contribution in [-0.2, 0) is 20.7 Å². The fourth-order valence-corrected chi connectivity index (χ4v) is 1.65. The van der Waals surface area contributed by atoms with Crippen LogP contribution >= 0.6 is 0 Å². The Morgan fingerprint density at radius 1 is 1.25 bits per heavy atom. The van der Waals surface area contributed by atoms with Crippen LogP contribution < -0.4 is 0 Å². The second-order valence-corrected chi connectivity index (χ2v) is 5.36. The summed E-state index contributed by atoms with van der Waals surface area (Å²) < 4.78 is 5.03. The van der Waals surface area contributed by atoms with E-state index in [0.717, 1.165) is 0 Å². The molecule has 0 saturated carbocycles. The van der Waals surface area contributed by atoms with Crippen LogP contribution in [0.25, 0.3) is 0 Å². The van der Waals surface area contributed by atoms with E-state index >= 15 is 0 Å². The lowest BCUT2D eigenvalue weighted by atomic mass is 10.1. The number of nitrogens with zero attached hydrogens (tertiary/aromatic N) is 1. The van der Waals surface area contributed by atoms with Gasteiger partial charge in [0.25, 0.3) is 5.69 Å². The van der Waals surface area contributed by atoms with Crippen LogP contribution in [0, 0.1) is 10.1 Å². The Kier molecular flexibility index (Phi) is 4.96. The molecule has 0 saturated heterocycles. The minimum atomic E-state index is -0.657. The quantitative estimate of drug-likeness (QED) is 0.357. The highest BCUT2D eigenvalue weighted by Gasteiger charge is 2.21. The minimum Gasteiger partial charge on any atom is -0.460 e. The molecule has 0 aromatic heterocycles. The summed E-state index contributed by atoms with van der Waals surface area (Å²) in [5.41, 5.74) is -0.480. The molecular weight excluding hydrogens is 262 g/mol. The summed E-state index contributed by atoms with van der Waals surface area (Å²) in [7, 11) is 0. The molecule has 108 valence electrons. The predicted molar refractivity (Wildman–Crippen MR) is 72.3 cm³/mol. The molecule has 0 amide bonds. The third kappa shape index (κ3) is 5.17. The molecule has 0 atom stereocenters. The number of carbonyl (C=O) groups is 2. The van der Waals surface area contributed by atoms with Gasteiger partial charge in [0.05, 0.1) is 4.92 Å². The number of para-hydroxylation sites is 1. The Labute approximate surface area is 116 Å². The fraction of sp³-hybridized carbons (Fsp3) is 0.429. The predicted octanol–water partition coefficient (Wildman–Crippen LogP) is 2.44. The van der Waals surface area contributed by atoms with Gasteiger partial charge in [-0.1, -0.05) is 18.2 Å². The van der Waals surface area contributed by atoms with E-state index in [2.05, 4.69) is 0 Å². The van der Waals surface area contributed by atoms with E-state index in [4.69, 9.17) is 4.74 Å². The van der Waals surface area contributed by atoms with Crippen LogP contribution in [0.2, 0.25) is 0 Å². The van der Waals surface area contributed by atoms with Gasteiger partial charge in [0.2, 0.25) is 0 Å². The molecule has 0 spiro atoms. The summed E-state index contributed by atoms with van der Waals surface area (Å²) in [6.45, 7) is 5.12. The maximum absolute atomic E-state index is 11.8. The molecule has 0 N–H and O–H groups in total. The van der Waals surface area contributed by atoms with Crippen molar-refractivity contribution in [1.29, 1.82) is 0 Å². The lowest BCUT2D eigenvalue weighted by molar-refractivity contribution is -0.385. The van der Waals surface area contributed by atoms with Crippen molar-refractivity contribution in [2.24, 2.45) is 0 Å². The van der Waals surface area contributed by atoms with E-state index in [1.54, 1.807) is 26.8 Å².